The van der Waals surface area contributed by atoms with Crippen molar-refractivity contribution in [2.45, 2.75) is 32.0 Å². The number of anilines is 1. The van der Waals surface area contributed by atoms with Crippen molar-refractivity contribution < 1.29 is 18.7 Å². The molecule has 30 heavy (non-hydrogen) atoms. The van der Waals surface area contributed by atoms with Crippen LogP contribution in [-0.4, -0.2) is 37.2 Å². The van der Waals surface area contributed by atoms with Gasteiger partial charge in [0.25, 0.3) is 0 Å². The van der Waals surface area contributed by atoms with Crippen LogP contribution < -0.4 is 15.5 Å². The van der Waals surface area contributed by atoms with Gasteiger partial charge in [-0.25, -0.2) is 9.18 Å². The SMILES string of the molecule is CC(=O)NCC1OC(=O)N2c3cc(F)c(-c4ccc(CNCC#N)cc4)cc3C[C@@H]12. The molecule has 4 rings (SSSR count). The first kappa shape index (κ1) is 19.9. The summed E-state index contributed by atoms with van der Waals surface area (Å²) in [5.74, 6) is -0.609. The quantitative estimate of drug-likeness (QED) is 0.566. The zero-order valence-electron chi connectivity index (χ0n) is 16.4. The Morgan fingerprint density at radius 1 is 1.33 bits per heavy atom. The lowest BCUT2D eigenvalue weighted by Gasteiger charge is -2.16. The number of amides is 2. The van der Waals surface area contributed by atoms with Gasteiger partial charge < -0.3 is 15.4 Å². The molecule has 1 unspecified atom stereocenters. The number of nitriles is 1. The lowest BCUT2D eigenvalue weighted by molar-refractivity contribution is -0.119. The second kappa shape index (κ2) is 8.13. The molecule has 2 aliphatic heterocycles. The molecule has 2 aromatic carbocycles. The Balaban J connectivity index is 1.56. The number of benzene rings is 2. The maximum Gasteiger partial charge on any atom is 0.415 e. The van der Waals surface area contributed by atoms with E-state index in [2.05, 4.69) is 10.6 Å². The Kier molecular flexibility index (Phi) is 5.38. The third-order valence-corrected chi connectivity index (χ3v) is 5.42. The highest BCUT2D eigenvalue weighted by molar-refractivity contribution is 5.94. The zero-order chi connectivity index (χ0) is 21.3. The van der Waals surface area contributed by atoms with Crippen molar-refractivity contribution in [3.63, 3.8) is 0 Å². The van der Waals surface area contributed by atoms with Gasteiger partial charge in [-0.15, -0.1) is 0 Å². The van der Waals surface area contributed by atoms with E-state index in [0.29, 0.717) is 24.2 Å². The van der Waals surface area contributed by atoms with Gasteiger partial charge in [-0.3, -0.25) is 9.69 Å². The molecule has 2 heterocycles. The second-order valence-electron chi connectivity index (χ2n) is 7.42. The van der Waals surface area contributed by atoms with Gasteiger partial charge in [0.2, 0.25) is 5.91 Å². The summed E-state index contributed by atoms with van der Waals surface area (Å²) in [6.45, 7) is 2.47. The highest BCUT2D eigenvalue weighted by Gasteiger charge is 2.47. The minimum atomic E-state index is -0.518. The van der Waals surface area contributed by atoms with Crippen molar-refractivity contribution >= 4 is 17.7 Å². The van der Waals surface area contributed by atoms with E-state index in [9.17, 15) is 14.0 Å². The molecule has 8 heteroatoms. The number of fused-ring (bicyclic) bond motifs is 3. The number of halogens is 1. The number of cyclic esters (lactones) is 1. The first-order valence-electron chi connectivity index (χ1n) is 9.71. The Morgan fingerprint density at radius 2 is 2.10 bits per heavy atom. The number of nitrogens with one attached hydrogen (secondary N) is 2. The van der Waals surface area contributed by atoms with E-state index < -0.39 is 18.0 Å². The third kappa shape index (κ3) is 3.72. The maximum absolute atomic E-state index is 14.9. The standard InChI is InChI=1S/C22H21FN4O3/c1-13(28)26-12-21-20-9-16-8-17(18(23)10-19(16)27(20)22(29)30-21)15-4-2-14(3-5-15)11-25-7-6-24/h2-5,8,10,20-21,25H,7,9,11-12H2,1H3,(H,26,28)/t20-,21?/m0/s1. The van der Waals surface area contributed by atoms with Crippen LogP contribution in [0.4, 0.5) is 14.9 Å². The van der Waals surface area contributed by atoms with Gasteiger partial charge in [0, 0.05) is 19.0 Å². The van der Waals surface area contributed by atoms with Gasteiger partial charge in [0.1, 0.15) is 11.9 Å². The van der Waals surface area contributed by atoms with Gasteiger partial charge in [-0.2, -0.15) is 5.26 Å². The molecule has 1 saturated heterocycles. The van der Waals surface area contributed by atoms with Crippen LogP contribution in [0.2, 0.25) is 0 Å². The van der Waals surface area contributed by atoms with Crippen LogP contribution in [0, 0.1) is 17.1 Å². The summed E-state index contributed by atoms with van der Waals surface area (Å²) >= 11 is 0. The topological polar surface area (TPSA) is 94.5 Å². The monoisotopic (exact) mass is 408 g/mol. The molecule has 154 valence electrons. The normalized spacial score (nSPS) is 19.1. The summed E-state index contributed by atoms with van der Waals surface area (Å²) in [6, 6.07) is 12.4. The summed E-state index contributed by atoms with van der Waals surface area (Å²) in [4.78, 5) is 25.0. The summed E-state index contributed by atoms with van der Waals surface area (Å²) < 4.78 is 20.3. The Labute approximate surface area is 173 Å². The Morgan fingerprint density at radius 3 is 2.80 bits per heavy atom. The fourth-order valence-electron chi connectivity index (χ4n) is 4.00. The average Bonchev–Trinajstić information content (AvgIpc) is 3.23. The van der Waals surface area contributed by atoms with Crippen molar-refractivity contribution in [1.82, 2.24) is 10.6 Å². The molecule has 0 aromatic heterocycles. The van der Waals surface area contributed by atoms with E-state index in [1.165, 1.54) is 17.9 Å². The number of hydrogen-bond donors (Lipinski definition) is 2. The van der Waals surface area contributed by atoms with E-state index in [1.54, 1.807) is 6.07 Å². The molecule has 0 spiro atoms. The number of ether oxygens (including phenoxy) is 1. The Hall–Kier alpha value is -3.44. The summed E-state index contributed by atoms with van der Waals surface area (Å²) in [7, 11) is 0. The largest absolute Gasteiger partial charge is 0.442 e. The first-order chi connectivity index (χ1) is 14.5. The maximum atomic E-state index is 14.9. The van der Waals surface area contributed by atoms with Crippen molar-refractivity contribution in [2.24, 2.45) is 0 Å². The van der Waals surface area contributed by atoms with E-state index in [4.69, 9.17) is 10.00 Å². The highest BCUT2D eigenvalue weighted by atomic mass is 19.1. The number of carbonyl (C=O) groups excluding carboxylic acids is 2. The molecule has 2 aliphatic rings. The molecule has 2 N–H and O–H groups in total. The summed E-state index contributed by atoms with van der Waals surface area (Å²) in [5.41, 5.74) is 3.61. The molecule has 2 amide bonds. The highest BCUT2D eigenvalue weighted by Crippen LogP contribution is 2.41. The molecule has 0 saturated carbocycles. The number of hydrogen-bond acceptors (Lipinski definition) is 5. The molecule has 0 bridgehead atoms. The average molecular weight is 408 g/mol. The van der Waals surface area contributed by atoms with Gasteiger partial charge in [-0.05, 0) is 35.2 Å². The zero-order valence-corrected chi connectivity index (χ0v) is 16.4. The molecular weight excluding hydrogens is 387 g/mol. The summed E-state index contributed by atoms with van der Waals surface area (Å²) in [5, 5.41) is 14.3. The predicted molar refractivity (Wildman–Crippen MR) is 108 cm³/mol. The van der Waals surface area contributed by atoms with Crippen molar-refractivity contribution in [2.75, 3.05) is 18.0 Å². The van der Waals surface area contributed by atoms with E-state index in [1.807, 2.05) is 30.3 Å². The van der Waals surface area contributed by atoms with Gasteiger partial charge in [0.15, 0.2) is 0 Å². The lowest BCUT2D eigenvalue weighted by atomic mass is 9.98. The third-order valence-electron chi connectivity index (χ3n) is 5.42. The molecule has 7 nitrogen and oxygen atoms in total. The van der Waals surface area contributed by atoms with E-state index >= 15 is 0 Å². The van der Waals surface area contributed by atoms with E-state index in [-0.39, 0.29) is 25.0 Å². The molecule has 2 aromatic rings. The van der Waals surface area contributed by atoms with Crippen molar-refractivity contribution in [3.05, 3.63) is 53.3 Å². The number of nitrogens with zero attached hydrogens (tertiary/aromatic N) is 2. The molecule has 0 aliphatic carbocycles. The van der Waals surface area contributed by atoms with Crippen LogP contribution in [-0.2, 0) is 22.5 Å². The van der Waals surface area contributed by atoms with Crippen LogP contribution in [0.1, 0.15) is 18.1 Å². The Bertz CT molecular complexity index is 1030. The molecule has 2 atom stereocenters. The van der Waals surface area contributed by atoms with Crippen LogP contribution in [0.25, 0.3) is 11.1 Å². The van der Waals surface area contributed by atoms with Crippen LogP contribution in [0.5, 0.6) is 0 Å². The van der Waals surface area contributed by atoms with Gasteiger partial charge >= 0.3 is 6.09 Å². The number of carbonyl (C=O) groups is 2. The lowest BCUT2D eigenvalue weighted by Crippen LogP contribution is -2.40. The summed E-state index contributed by atoms with van der Waals surface area (Å²) in [6.07, 6.45) is -0.453. The van der Waals surface area contributed by atoms with Crippen molar-refractivity contribution in [1.29, 1.82) is 5.26 Å². The van der Waals surface area contributed by atoms with Crippen LogP contribution in [0.15, 0.2) is 36.4 Å². The number of rotatable bonds is 6. The van der Waals surface area contributed by atoms with Crippen molar-refractivity contribution in [3.8, 4) is 17.2 Å². The second-order valence-corrected chi connectivity index (χ2v) is 7.42. The van der Waals surface area contributed by atoms with Crippen LogP contribution >= 0.6 is 0 Å². The van der Waals surface area contributed by atoms with E-state index in [0.717, 1.165) is 16.7 Å². The minimum absolute atomic E-state index is 0.195. The molecule has 0 radical (unpaired) electrons. The first-order valence-corrected chi connectivity index (χ1v) is 9.71. The molecular formula is C22H21FN4O3. The van der Waals surface area contributed by atoms with Gasteiger partial charge in [-0.1, -0.05) is 24.3 Å². The minimum Gasteiger partial charge on any atom is -0.442 e. The predicted octanol–water partition coefficient (Wildman–Crippen LogP) is 2.49. The van der Waals surface area contributed by atoms with Gasteiger partial charge in [0.05, 0.1) is 30.9 Å². The fourth-order valence-corrected chi connectivity index (χ4v) is 4.00. The molecule has 1 fully saturated rings. The smallest absolute Gasteiger partial charge is 0.415 e. The van der Waals surface area contributed by atoms with Crippen LogP contribution in [0.3, 0.4) is 0 Å². The fraction of sp³-hybridized carbons (Fsp3) is 0.318.